The summed E-state index contributed by atoms with van der Waals surface area (Å²) < 4.78 is 31.0. The van der Waals surface area contributed by atoms with Crippen molar-refractivity contribution in [3.63, 3.8) is 0 Å². The van der Waals surface area contributed by atoms with Crippen LogP contribution in [0.3, 0.4) is 0 Å². The lowest BCUT2D eigenvalue weighted by Gasteiger charge is -2.25. The van der Waals surface area contributed by atoms with E-state index >= 15 is 8.42 Å². The maximum Gasteiger partial charge on any atom is 0.366 e. The Kier molecular flexibility index (Phi) is 6.31. The van der Waals surface area contributed by atoms with Crippen LogP contribution >= 0.6 is 0 Å². The second-order valence-corrected chi connectivity index (χ2v) is 13.4. The fourth-order valence-electron chi connectivity index (χ4n) is 7.29. The summed E-state index contributed by atoms with van der Waals surface area (Å²) in [5.41, 5.74) is -8.01. The van der Waals surface area contributed by atoms with Gasteiger partial charge < -0.3 is 0 Å². The van der Waals surface area contributed by atoms with Gasteiger partial charge in [-0.15, -0.1) is 0 Å². The molecule has 2 aliphatic carbocycles. The Morgan fingerprint density at radius 3 is 1.06 bits per heavy atom. The molecule has 0 spiro atoms. The number of benzene rings is 6. The van der Waals surface area contributed by atoms with Gasteiger partial charge in [0.15, 0.2) is 21.4 Å². The predicted octanol–water partition coefficient (Wildman–Crippen LogP) is 6.88. The van der Waals surface area contributed by atoms with Crippen LogP contribution in [-0.2, 0) is 9.84 Å². The largest absolute Gasteiger partial charge is 0.366 e. The van der Waals surface area contributed by atoms with Gasteiger partial charge in [-0.1, -0.05) is 72.8 Å². The minimum Gasteiger partial charge on any atom is -0.289 e. The van der Waals surface area contributed by atoms with Gasteiger partial charge in [-0.3, -0.25) is 50.0 Å². The molecule has 248 valence electrons. The first-order valence-corrected chi connectivity index (χ1v) is 16.1. The highest BCUT2D eigenvalue weighted by atomic mass is 32.2. The van der Waals surface area contributed by atoms with Crippen molar-refractivity contribution in [2.75, 3.05) is 0 Å². The third kappa shape index (κ3) is 3.91. The number of rotatable bonds is 6. The molecule has 51 heavy (non-hydrogen) atoms. The van der Waals surface area contributed by atoms with Gasteiger partial charge in [0.25, 0.3) is 0 Å². The molecule has 0 radical (unpaired) electrons. The summed E-state index contributed by atoms with van der Waals surface area (Å²) in [6.45, 7) is 0. The summed E-state index contributed by atoms with van der Waals surface area (Å²) >= 11 is 0. The van der Waals surface area contributed by atoms with Gasteiger partial charge in [-0.05, 0) is 23.3 Å². The van der Waals surface area contributed by atoms with Gasteiger partial charge in [0, 0.05) is 44.2 Å². The molecule has 0 atom stereocenters. The Labute approximate surface area is 282 Å². The lowest BCUT2D eigenvalue weighted by molar-refractivity contribution is -0.423. The SMILES string of the molecule is O=C1c2ccccc2-c2c(S(=O)(=O)c3c([N+](=O)[O-])c([N+](=O)[O-])c4cccc5c4c3-c3ccccc3C5=O)c([N+](=O)[O-])c([N+](=O)[O-])c3cccc1c23. The van der Waals surface area contributed by atoms with E-state index in [0.29, 0.717) is 0 Å². The van der Waals surface area contributed by atoms with Crippen molar-refractivity contribution >= 4 is 65.7 Å². The molecular weight excluding hydrogens is 688 g/mol. The second-order valence-electron chi connectivity index (χ2n) is 11.5. The van der Waals surface area contributed by atoms with E-state index in [4.69, 9.17) is 0 Å². The number of sulfone groups is 1. The number of nitro groups is 4. The Balaban J connectivity index is 1.72. The van der Waals surface area contributed by atoms with Gasteiger partial charge in [0.2, 0.25) is 9.84 Å². The smallest absolute Gasteiger partial charge is 0.289 e. The van der Waals surface area contributed by atoms with E-state index in [1.165, 1.54) is 72.8 Å². The number of nitrogens with zero attached hydrogens (tertiary/aromatic N) is 4. The fourth-order valence-corrected chi connectivity index (χ4v) is 9.30. The number of hydrogen-bond acceptors (Lipinski definition) is 12. The lowest BCUT2D eigenvalue weighted by Crippen LogP contribution is -2.19. The molecule has 16 nitrogen and oxygen atoms in total. The molecule has 2 aliphatic rings. The predicted molar refractivity (Wildman–Crippen MR) is 178 cm³/mol. The van der Waals surface area contributed by atoms with Gasteiger partial charge in [0.05, 0.1) is 30.5 Å². The van der Waals surface area contributed by atoms with Crippen LogP contribution in [0.2, 0.25) is 0 Å². The quantitative estimate of drug-likeness (QED) is 0.127. The summed E-state index contributed by atoms with van der Waals surface area (Å²) in [7, 11) is -5.87. The highest BCUT2D eigenvalue weighted by molar-refractivity contribution is 7.92. The third-order valence-corrected chi connectivity index (χ3v) is 11.0. The first-order valence-electron chi connectivity index (χ1n) is 14.6. The second kappa shape index (κ2) is 10.4. The Morgan fingerprint density at radius 1 is 0.412 bits per heavy atom. The highest BCUT2D eigenvalue weighted by Gasteiger charge is 2.51. The van der Waals surface area contributed by atoms with E-state index in [9.17, 15) is 50.0 Å². The van der Waals surface area contributed by atoms with Crippen LogP contribution in [-0.4, -0.2) is 39.7 Å². The van der Waals surface area contributed by atoms with E-state index < -0.39 is 95.5 Å². The van der Waals surface area contributed by atoms with Crippen molar-refractivity contribution in [3.05, 3.63) is 148 Å². The molecule has 0 N–H and O–H groups in total. The van der Waals surface area contributed by atoms with Gasteiger partial charge in [-0.2, -0.15) is 0 Å². The molecule has 6 aromatic carbocycles. The van der Waals surface area contributed by atoms with Crippen LogP contribution in [0, 0.1) is 40.5 Å². The number of nitro benzene ring substituents is 4. The van der Waals surface area contributed by atoms with Crippen LogP contribution in [0.5, 0.6) is 0 Å². The molecule has 0 unspecified atom stereocenters. The van der Waals surface area contributed by atoms with Crippen LogP contribution < -0.4 is 0 Å². The van der Waals surface area contributed by atoms with Crippen LogP contribution in [0.15, 0.2) is 94.7 Å². The Hall–Kier alpha value is -7.27. The summed E-state index contributed by atoms with van der Waals surface area (Å²) in [4.78, 5) is 70.9. The first-order chi connectivity index (χ1) is 24.3. The molecular formula is C34H14N4O12S. The van der Waals surface area contributed by atoms with Crippen LogP contribution in [0.4, 0.5) is 22.7 Å². The van der Waals surface area contributed by atoms with E-state index in [0.717, 1.165) is 12.1 Å². The molecule has 8 rings (SSSR count). The van der Waals surface area contributed by atoms with E-state index in [-0.39, 0.29) is 44.2 Å². The topological polar surface area (TPSA) is 241 Å². The molecule has 17 heteroatoms. The summed E-state index contributed by atoms with van der Waals surface area (Å²) in [5, 5.41) is 49.7. The van der Waals surface area contributed by atoms with Crippen molar-refractivity contribution in [1.82, 2.24) is 0 Å². The van der Waals surface area contributed by atoms with Gasteiger partial charge >= 0.3 is 22.7 Å². The number of ketones is 2. The monoisotopic (exact) mass is 702 g/mol. The molecule has 0 amide bonds. The van der Waals surface area contributed by atoms with Crippen LogP contribution in [0.1, 0.15) is 31.8 Å². The van der Waals surface area contributed by atoms with Crippen molar-refractivity contribution in [3.8, 4) is 22.3 Å². The maximum absolute atomic E-state index is 15.5. The van der Waals surface area contributed by atoms with Gasteiger partial charge in [0.1, 0.15) is 0 Å². The van der Waals surface area contributed by atoms with Crippen molar-refractivity contribution in [2.45, 2.75) is 9.79 Å². The maximum atomic E-state index is 15.5. The Morgan fingerprint density at radius 2 is 0.725 bits per heavy atom. The lowest BCUT2D eigenvalue weighted by atomic mass is 9.82. The summed E-state index contributed by atoms with van der Waals surface area (Å²) in [5.74, 6) is -1.37. The molecule has 0 saturated heterocycles. The average Bonchev–Trinajstić information content (AvgIpc) is 3.10. The summed E-state index contributed by atoms with van der Waals surface area (Å²) in [6.07, 6.45) is 0. The van der Waals surface area contributed by atoms with Crippen LogP contribution in [0.25, 0.3) is 43.8 Å². The number of fused-ring (bicyclic) bond motifs is 4. The average molecular weight is 703 g/mol. The number of carbonyl (C=O) groups excluding carboxylic acids is 2. The molecule has 0 aliphatic heterocycles. The van der Waals surface area contributed by atoms with Crippen molar-refractivity contribution in [1.29, 1.82) is 0 Å². The molecule has 0 saturated carbocycles. The number of carbonyl (C=O) groups is 2. The first kappa shape index (κ1) is 31.0. The minimum atomic E-state index is -5.87. The fraction of sp³-hybridized carbons (Fsp3) is 0. The van der Waals surface area contributed by atoms with Gasteiger partial charge in [-0.25, -0.2) is 8.42 Å². The molecule has 0 bridgehead atoms. The highest BCUT2D eigenvalue weighted by Crippen LogP contribution is 2.57. The summed E-state index contributed by atoms with van der Waals surface area (Å²) in [6, 6.07) is 18.0. The molecule has 6 aromatic rings. The standard InChI is InChI=1S/C34H14N4O12S/c39-31-17-9-3-1-7-15(17)25-23-19(11-5-13-21(23)31)27(35(41)42)29(37(45)46)33(25)51(49,50)34-26-16-8-2-4-10-18(16)32(40)22-14-6-12-20(24(22)26)28(36(43)44)30(34)38(47)48/h1-14H. The zero-order valence-corrected chi connectivity index (χ0v) is 26.0. The Bertz CT molecular complexity index is 2700. The van der Waals surface area contributed by atoms with Crippen molar-refractivity contribution in [2.24, 2.45) is 0 Å². The number of hydrogen-bond donors (Lipinski definition) is 0. The zero-order valence-electron chi connectivity index (χ0n) is 25.2. The molecule has 0 heterocycles. The van der Waals surface area contributed by atoms with Crippen molar-refractivity contribution < 1.29 is 37.7 Å². The van der Waals surface area contributed by atoms with E-state index in [1.807, 2.05) is 0 Å². The van der Waals surface area contributed by atoms with E-state index in [2.05, 4.69) is 0 Å². The normalized spacial score (nSPS) is 12.8. The minimum absolute atomic E-state index is 0.129. The third-order valence-electron chi connectivity index (χ3n) is 9.11. The molecule has 0 fully saturated rings. The van der Waals surface area contributed by atoms with E-state index in [1.54, 1.807) is 0 Å². The molecule has 0 aromatic heterocycles. The zero-order chi connectivity index (χ0) is 36.3.